The first-order valence-electron chi connectivity index (χ1n) is 5.59. The Morgan fingerprint density at radius 3 is 2.78 bits per heavy atom. The van der Waals surface area contributed by atoms with E-state index in [1.165, 1.54) is 11.2 Å². The van der Waals surface area contributed by atoms with Crippen molar-refractivity contribution in [3.05, 3.63) is 42.3 Å². The van der Waals surface area contributed by atoms with Gasteiger partial charge in [0.25, 0.3) is 5.91 Å². The Kier molecular flexibility index (Phi) is 3.74. The summed E-state index contributed by atoms with van der Waals surface area (Å²) >= 11 is 0. The zero-order chi connectivity index (χ0) is 13.0. The highest BCUT2D eigenvalue weighted by molar-refractivity contribution is 5.92. The molecule has 0 radical (unpaired) electrons. The predicted molar refractivity (Wildman–Crippen MR) is 66.0 cm³/mol. The molecule has 0 fully saturated rings. The van der Waals surface area contributed by atoms with Crippen molar-refractivity contribution in [1.29, 1.82) is 0 Å². The van der Waals surface area contributed by atoms with Crippen LogP contribution in [0.5, 0.6) is 0 Å². The Hall–Kier alpha value is -2.14. The second-order valence-electron chi connectivity index (χ2n) is 3.85. The molecule has 0 atom stereocenters. The first-order chi connectivity index (χ1) is 8.72. The lowest BCUT2D eigenvalue weighted by molar-refractivity contribution is 0.0761. The van der Waals surface area contributed by atoms with E-state index in [2.05, 4.69) is 4.98 Å². The first kappa shape index (κ1) is 12.3. The quantitative estimate of drug-likeness (QED) is 0.885. The number of aromatic nitrogens is 1. The van der Waals surface area contributed by atoms with Crippen molar-refractivity contribution in [1.82, 2.24) is 9.88 Å². The Labute approximate surface area is 105 Å². The fourth-order valence-corrected chi connectivity index (χ4v) is 1.53. The Balaban J connectivity index is 2.18. The van der Waals surface area contributed by atoms with Gasteiger partial charge in [-0.2, -0.15) is 0 Å². The van der Waals surface area contributed by atoms with Crippen molar-refractivity contribution in [3.63, 3.8) is 0 Å². The van der Waals surface area contributed by atoms with Gasteiger partial charge in [0.1, 0.15) is 6.26 Å². The third-order valence-corrected chi connectivity index (χ3v) is 2.53. The van der Waals surface area contributed by atoms with Gasteiger partial charge in [0, 0.05) is 19.2 Å². The molecule has 2 rings (SSSR count). The molecule has 0 unspecified atom stereocenters. The summed E-state index contributed by atoms with van der Waals surface area (Å²) in [6, 6.07) is 9.36. The van der Waals surface area contributed by atoms with Crippen LogP contribution in [0.15, 0.2) is 41.0 Å². The molecule has 0 saturated carbocycles. The first-order valence-corrected chi connectivity index (χ1v) is 5.59. The minimum absolute atomic E-state index is 0.0777. The van der Waals surface area contributed by atoms with E-state index in [1.54, 1.807) is 7.05 Å². The van der Waals surface area contributed by atoms with Crippen molar-refractivity contribution in [2.45, 2.75) is 0 Å². The fraction of sp³-hybridized carbons (Fsp3) is 0.231. The highest BCUT2D eigenvalue weighted by atomic mass is 16.3. The Bertz CT molecular complexity index is 522. The van der Waals surface area contributed by atoms with Gasteiger partial charge in [-0.1, -0.05) is 18.2 Å². The van der Waals surface area contributed by atoms with Crippen molar-refractivity contribution >= 4 is 5.91 Å². The molecule has 1 N–H and O–H groups in total. The van der Waals surface area contributed by atoms with E-state index in [1.807, 2.05) is 30.3 Å². The lowest BCUT2D eigenvalue weighted by Gasteiger charge is -2.12. The number of hydrogen-bond donors (Lipinski definition) is 1. The van der Waals surface area contributed by atoms with Gasteiger partial charge in [-0.25, -0.2) is 4.98 Å². The molecular formula is C13H14N2O3. The second kappa shape index (κ2) is 5.46. The molecule has 1 aromatic carbocycles. The molecule has 1 amide bonds. The number of benzene rings is 1. The van der Waals surface area contributed by atoms with Crippen molar-refractivity contribution < 1.29 is 14.3 Å². The summed E-state index contributed by atoms with van der Waals surface area (Å²) in [7, 11) is 1.61. The van der Waals surface area contributed by atoms with Crippen molar-refractivity contribution in [3.8, 4) is 11.5 Å². The summed E-state index contributed by atoms with van der Waals surface area (Å²) in [6.45, 7) is 0.192. The van der Waals surface area contributed by atoms with Gasteiger partial charge in [-0.15, -0.1) is 0 Å². The molecule has 0 spiro atoms. The summed E-state index contributed by atoms with van der Waals surface area (Å²) in [4.78, 5) is 17.4. The van der Waals surface area contributed by atoms with Crippen LogP contribution >= 0.6 is 0 Å². The van der Waals surface area contributed by atoms with Gasteiger partial charge in [-0.05, 0) is 12.1 Å². The zero-order valence-electron chi connectivity index (χ0n) is 10.0. The van der Waals surface area contributed by atoms with Crippen LogP contribution in [0.2, 0.25) is 0 Å². The number of carbonyl (C=O) groups is 1. The van der Waals surface area contributed by atoms with Gasteiger partial charge in [0.2, 0.25) is 5.89 Å². The van der Waals surface area contributed by atoms with E-state index in [4.69, 9.17) is 9.52 Å². The van der Waals surface area contributed by atoms with Crippen LogP contribution in [0.4, 0.5) is 0 Å². The molecular weight excluding hydrogens is 232 g/mol. The van der Waals surface area contributed by atoms with E-state index in [9.17, 15) is 4.79 Å². The standard InChI is InChI=1S/C13H14N2O3/c1-15(7-8-16)13(17)11-9-18-12(14-11)10-5-3-2-4-6-10/h2-6,9,16H,7-8H2,1H3. The van der Waals surface area contributed by atoms with Crippen LogP contribution in [0.3, 0.4) is 0 Å². The zero-order valence-corrected chi connectivity index (χ0v) is 10.0. The summed E-state index contributed by atoms with van der Waals surface area (Å²) in [5.74, 6) is 0.145. The molecule has 0 aliphatic carbocycles. The van der Waals surface area contributed by atoms with Crippen molar-refractivity contribution in [2.24, 2.45) is 0 Å². The van der Waals surface area contributed by atoms with Crippen LogP contribution in [0, 0.1) is 0 Å². The summed E-state index contributed by atoms with van der Waals surface area (Å²) in [5, 5.41) is 8.78. The number of aliphatic hydroxyl groups is 1. The second-order valence-corrected chi connectivity index (χ2v) is 3.85. The average molecular weight is 246 g/mol. The molecule has 1 aromatic heterocycles. The normalized spacial score (nSPS) is 10.3. The number of carbonyl (C=O) groups excluding carboxylic acids is 1. The van der Waals surface area contributed by atoms with Crippen LogP contribution in [0.1, 0.15) is 10.5 Å². The summed E-state index contributed by atoms with van der Waals surface area (Å²) < 4.78 is 5.28. The molecule has 0 aliphatic heterocycles. The Morgan fingerprint density at radius 1 is 1.39 bits per heavy atom. The molecule has 0 bridgehead atoms. The van der Waals surface area contributed by atoms with Gasteiger partial charge in [0.05, 0.1) is 6.61 Å². The molecule has 94 valence electrons. The topological polar surface area (TPSA) is 66.6 Å². The van der Waals surface area contributed by atoms with E-state index < -0.39 is 0 Å². The van der Waals surface area contributed by atoms with Crippen LogP contribution in [0.25, 0.3) is 11.5 Å². The molecule has 5 nitrogen and oxygen atoms in total. The van der Waals surface area contributed by atoms with Gasteiger partial charge < -0.3 is 14.4 Å². The van der Waals surface area contributed by atoms with Gasteiger partial charge in [-0.3, -0.25) is 4.79 Å². The maximum Gasteiger partial charge on any atom is 0.275 e. The van der Waals surface area contributed by atoms with E-state index in [-0.39, 0.29) is 24.8 Å². The number of oxazole rings is 1. The fourth-order valence-electron chi connectivity index (χ4n) is 1.53. The maximum atomic E-state index is 11.9. The minimum Gasteiger partial charge on any atom is -0.444 e. The van der Waals surface area contributed by atoms with Crippen LogP contribution < -0.4 is 0 Å². The SMILES string of the molecule is CN(CCO)C(=O)c1coc(-c2ccccc2)n1. The van der Waals surface area contributed by atoms with E-state index in [0.29, 0.717) is 5.89 Å². The predicted octanol–water partition coefficient (Wildman–Crippen LogP) is 1.41. The molecule has 18 heavy (non-hydrogen) atoms. The Morgan fingerprint density at radius 2 is 2.11 bits per heavy atom. The maximum absolute atomic E-state index is 11.9. The molecule has 1 heterocycles. The monoisotopic (exact) mass is 246 g/mol. The number of rotatable bonds is 4. The molecule has 2 aromatic rings. The van der Waals surface area contributed by atoms with E-state index >= 15 is 0 Å². The van der Waals surface area contributed by atoms with Crippen LogP contribution in [-0.2, 0) is 0 Å². The van der Waals surface area contributed by atoms with Crippen LogP contribution in [-0.4, -0.2) is 41.1 Å². The summed E-state index contributed by atoms with van der Waals surface area (Å²) in [6.07, 6.45) is 1.33. The number of likely N-dealkylation sites (N-methyl/N-ethyl adjacent to an activating group) is 1. The minimum atomic E-state index is -0.269. The van der Waals surface area contributed by atoms with Gasteiger partial charge in [0.15, 0.2) is 5.69 Å². The lowest BCUT2D eigenvalue weighted by Crippen LogP contribution is -2.29. The van der Waals surface area contributed by atoms with Crippen molar-refractivity contribution in [2.75, 3.05) is 20.2 Å². The molecule has 5 heteroatoms. The lowest BCUT2D eigenvalue weighted by atomic mass is 10.2. The number of amides is 1. The average Bonchev–Trinajstić information content (AvgIpc) is 2.89. The van der Waals surface area contributed by atoms with E-state index in [0.717, 1.165) is 5.56 Å². The largest absolute Gasteiger partial charge is 0.444 e. The molecule has 0 aliphatic rings. The number of aliphatic hydroxyl groups excluding tert-OH is 1. The third-order valence-electron chi connectivity index (χ3n) is 2.53. The number of hydrogen-bond acceptors (Lipinski definition) is 4. The van der Waals surface area contributed by atoms with Gasteiger partial charge >= 0.3 is 0 Å². The highest BCUT2D eigenvalue weighted by Gasteiger charge is 2.16. The smallest absolute Gasteiger partial charge is 0.275 e. The third kappa shape index (κ3) is 2.57. The molecule has 0 saturated heterocycles. The number of nitrogens with zero attached hydrogens (tertiary/aromatic N) is 2. The highest BCUT2D eigenvalue weighted by Crippen LogP contribution is 2.18. The summed E-state index contributed by atoms with van der Waals surface area (Å²) in [5.41, 5.74) is 1.06.